The van der Waals surface area contributed by atoms with Crippen LogP contribution >= 0.6 is 11.6 Å². The zero-order chi connectivity index (χ0) is 10.0. The Balaban J connectivity index is 2.53. The molecule has 1 aliphatic heterocycles. The molecule has 1 rings (SSSR count). The number of amides is 1. The highest BCUT2D eigenvalue weighted by Gasteiger charge is 2.33. The molecule has 0 bridgehead atoms. The highest BCUT2D eigenvalue weighted by molar-refractivity contribution is 6.21. The van der Waals surface area contributed by atoms with Crippen molar-refractivity contribution in [2.24, 2.45) is 11.8 Å². The number of carbonyl (C=O) groups is 1. The lowest BCUT2D eigenvalue weighted by atomic mass is 10.1. The predicted octanol–water partition coefficient (Wildman–Crippen LogP) is 2.12. The van der Waals surface area contributed by atoms with Gasteiger partial charge >= 0.3 is 0 Å². The van der Waals surface area contributed by atoms with Gasteiger partial charge in [-0.3, -0.25) is 4.79 Å². The van der Waals surface area contributed by atoms with Crippen molar-refractivity contribution in [2.45, 2.75) is 32.6 Å². The molecule has 1 amide bonds. The maximum absolute atomic E-state index is 11.6. The van der Waals surface area contributed by atoms with Crippen LogP contribution in [0.4, 0.5) is 0 Å². The second-order valence-corrected chi connectivity index (χ2v) is 4.64. The van der Waals surface area contributed by atoms with E-state index in [1.54, 1.807) is 0 Å². The van der Waals surface area contributed by atoms with Gasteiger partial charge in [-0.25, -0.2) is 0 Å². The summed E-state index contributed by atoms with van der Waals surface area (Å²) in [4.78, 5) is 13.5. The van der Waals surface area contributed by atoms with Gasteiger partial charge in [-0.2, -0.15) is 0 Å². The van der Waals surface area contributed by atoms with Crippen molar-refractivity contribution in [2.75, 3.05) is 13.1 Å². The lowest BCUT2D eigenvalue weighted by Crippen LogP contribution is -2.32. The number of halogens is 1. The first kappa shape index (κ1) is 10.8. The minimum atomic E-state index is 0.0967. The van der Waals surface area contributed by atoms with Gasteiger partial charge in [0.05, 0.1) is 5.38 Å². The quantitative estimate of drug-likeness (QED) is 0.630. The maximum Gasteiger partial charge on any atom is 0.225 e. The summed E-state index contributed by atoms with van der Waals surface area (Å²) in [7, 11) is 0. The van der Waals surface area contributed by atoms with Gasteiger partial charge in [-0.05, 0) is 5.92 Å². The van der Waals surface area contributed by atoms with Crippen molar-refractivity contribution in [3.8, 4) is 0 Å². The topological polar surface area (TPSA) is 20.3 Å². The van der Waals surface area contributed by atoms with E-state index in [4.69, 9.17) is 11.6 Å². The Labute approximate surface area is 85.2 Å². The molecule has 0 saturated carbocycles. The molecule has 0 aliphatic carbocycles. The van der Waals surface area contributed by atoms with Crippen LogP contribution in [0.25, 0.3) is 0 Å². The van der Waals surface area contributed by atoms with Crippen LogP contribution in [0.15, 0.2) is 0 Å². The van der Waals surface area contributed by atoms with Crippen LogP contribution in [0.2, 0.25) is 0 Å². The normalized spacial score (nSPS) is 28.5. The van der Waals surface area contributed by atoms with Gasteiger partial charge in [0.1, 0.15) is 0 Å². The molecule has 0 aromatic heterocycles. The van der Waals surface area contributed by atoms with Crippen LogP contribution in [0.3, 0.4) is 0 Å². The highest BCUT2D eigenvalue weighted by Crippen LogP contribution is 2.25. The fourth-order valence-corrected chi connectivity index (χ4v) is 2.19. The first-order chi connectivity index (χ1) is 6.06. The van der Waals surface area contributed by atoms with E-state index in [0.717, 1.165) is 19.5 Å². The molecule has 13 heavy (non-hydrogen) atoms. The van der Waals surface area contributed by atoms with Gasteiger partial charge in [0.2, 0.25) is 5.91 Å². The molecular weight excluding hydrogens is 186 g/mol. The molecule has 1 heterocycles. The van der Waals surface area contributed by atoms with Gasteiger partial charge in [0, 0.05) is 19.0 Å². The maximum atomic E-state index is 11.6. The Morgan fingerprint density at radius 3 is 2.54 bits per heavy atom. The molecule has 2 nitrogen and oxygen atoms in total. The van der Waals surface area contributed by atoms with Crippen LogP contribution in [-0.4, -0.2) is 29.3 Å². The van der Waals surface area contributed by atoms with E-state index in [0.29, 0.717) is 5.92 Å². The summed E-state index contributed by atoms with van der Waals surface area (Å²) in [6.45, 7) is 7.58. The smallest absolute Gasteiger partial charge is 0.225 e. The number of hydrogen-bond acceptors (Lipinski definition) is 1. The Bertz CT molecular complexity index is 193. The van der Waals surface area contributed by atoms with E-state index in [1.807, 2.05) is 18.7 Å². The molecule has 1 fully saturated rings. The summed E-state index contributed by atoms with van der Waals surface area (Å²) < 4.78 is 0. The Morgan fingerprint density at radius 1 is 1.54 bits per heavy atom. The van der Waals surface area contributed by atoms with Crippen LogP contribution < -0.4 is 0 Å². The van der Waals surface area contributed by atoms with E-state index in [1.165, 1.54) is 0 Å². The molecule has 0 aromatic carbocycles. The molecule has 0 N–H and O–H groups in total. The van der Waals surface area contributed by atoms with Crippen molar-refractivity contribution >= 4 is 17.5 Å². The molecule has 0 radical (unpaired) electrons. The number of hydrogen-bond donors (Lipinski definition) is 0. The minimum Gasteiger partial charge on any atom is -0.341 e. The zero-order valence-electron chi connectivity index (χ0n) is 8.59. The van der Waals surface area contributed by atoms with E-state index >= 15 is 0 Å². The number of rotatable bonds is 2. The minimum absolute atomic E-state index is 0.0967. The second-order valence-electron chi connectivity index (χ2n) is 4.08. The monoisotopic (exact) mass is 203 g/mol. The zero-order valence-corrected chi connectivity index (χ0v) is 9.34. The van der Waals surface area contributed by atoms with Crippen LogP contribution in [0.5, 0.6) is 0 Å². The first-order valence-electron chi connectivity index (χ1n) is 4.99. The summed E-state index contributed by atoms with van der Waals surface area (Å²) in [6, 6.07) is 0. The standard InChI is InChI=1S/C10H18ClNO/c1-4-8-5-12(6-9(8)11)10(13)7(2)3/h7-9H,4-6H2,1-3H3. The number of likely N-dealkylation sites (tertiary alicyclic amines) is 1. The van der Waals surface area contributed by atoms with Crippen LogP contribution in [0, 0.1) is 11.8 Å². The largest absolute Gasteiger partial charge is 0.341 e. The Morgan fingerprint density at radius 2 is 2.15 bits per heavy atom. The summed E-state index contributed by atoms with van der Waals surface area (Å²) in [5, 5.41) is 0.160. The van der Waals surface area contributed by atoms with Gasteiger partial charge < -0.3 is 4.90 Å². The van der Waals surface area contributed by atoms with Crippen molar-refractivity contribution in [1.82, 2.24) is 4.90 Å². The summed E-state index contributed by atoms with van der Waals surface area (Å²) >= 11 is 6.13. The number of alkyl halides is 1. The van der Waals surface area contributed by atoms with Crippen molar-refractivity contribution in [3.63, 3.8) is 0 Å². The Kier molecular flexibility index (Phi) is 3.60. The molecular formula is C10H18ClNO. The molecule has 2 atom stereocenters. The van der Waals surface area contributed by atoms with Crippen molar-refractivity contribution in [3.05, 3.63) is 0 Å². The third-order valence-electron chi connectivity index (χ3n) is 2.69. The van der Waals surface area contributed by atoms with Gasteiger partial charge in [0.15, 0.2) is 0 Å². The van der Waals surface area contributed by atoms with Crippen molar-refractivity contribution < 1.29 is 4.79 Å². The molecule has 1 saturated heterocycles. The lowest BCUT2D eigenvalue weighted by molar-refractivity contribution is -0.133. The summed E-state index contributed by atoms with van der Waals surface area (Å²) in [6.07, 6.45) is 1.07. The third-order valence-corrected chi connectivity index (χ3v) is 3.19. The SMILES string of the molecule is CCC1CN(C(=O)C(C)C)CC1Cl. The average molecular weight is 204 g/mol. The van der Waals surface area contributed by atoms with Gasteiger partial charge in [-0.1, -0.05) is 27.2 Å². The summed E-state index contributed by atoms with van der Waals surface area (Å²) in [5.74, 6) is 0.824. The fourth-order valence-electron chi connectivity index (χ4n) is 1.76. The second kappa shape index (κ2) is 4.32. The average Bonchev–Trinajstić information content (AvgIpc) is 2.45. The van der Waals surface area contributed by atoms with E-state index in [9.17, 15) is 4.79 Å². The molecule has 2 unspecified atom stereocenters. The number of nitrogens with zero attached hydrogens (tertiary/aromatic N) is 1. The highest BCUT2D eigenvalue weighted by atomic mass is 35.5. The molecule has 3 heteroatoms. The summed E-state index contributed by atoms with van der Waals surface area (Å²) in [5.41, 5.74) is 0. The van der Waals surface area contributed by atoms with E-state index in [2.05, 4.69) is 6.92 Å². The van der Waals surface area contributed by atoms with E-state index in [-0.39, 0.29) is 17.2 Å². The predicted molar refractivity (Wildman–Crippen MR) is 54.8 cm³/mol. The fraction of sp³-hybridized carbons (Fsp3) is 0.900. The lowest BCUT2D eigenvalue weighted by Gasteiger charge is -2.18. The molecule has 0 aromatic rings. The van der Waals surface area contributed by atoms with E-state index < -0.39 is 0 Å². The Hall–Kier alpha value is -0.240. The van der Waals surface area contributed by atoms with Crippen LogP contribution in [0.1, 0.15) is 27.2 Å². The molecule has 0 spiro atoms. The van der Waals surface area contributed by atoms with Crippen molar-refractivity contribution in [1.29, 1.82) is 0 Å². The van der Waals surface area contributed by atoms with Gasteiger partial charge in [0.25, 0.3) is 0 Å². The first-order valence-corrected chi connectivity index (χ1v) is 5.42. The molecule has 76 valence electrons. The number of carbonyl (C=O) groups excluding carboxylic acids is 1. The molecule has 1 aliphatic rings. The van der Waals surface area contributed by atoms with Crippen LogP contribution in [-0.2, 0) is 4.79 Å². The van der Waals surface area contributed by atoms with Gasteiger partial charge in [-0.15, -0.1) is 11.6 Å². The third kappa shape index (κ3) is 2.37.